The first-order chi connectivity index (χ1) is 14.7. The van der Waals surface area contributed by atoms with Gasteiger partial charge in [0.1, 0.15) is 0 Å². The fourth-order valence-corrected chi connectivity index (χ4v) is 3.57. The smallest absolute Gasteiger partial charge is 0.340 e. The lowest BCUT2D eigenvalue weighted by molar-refractivity contribution is -0.137. The van der Waals surface area contributed by atoms with E-state index >= 15 is 0 Å². The predicted molar refractivity (Wildman–Crippen MR) is 111 cm³/mol. The Labute approximate surface area is 179 Å². The summed E-state index contributed by atoms with van der Waals surface area (Å²) in [5, 5.41) is 3.19. The van der Waals surface area contributed by atoms with Gasteiger partial charge in [-0.25, -0.2) is 0 Å². The number of amides is 2. The zero-order chi connectivity index (χ0) is 22.4. The average molecular weight is 433 g/mol. The number of alkyl halides is 3. The van der Waals surface area contributed by atoms with Crippen LogP contribution in [0.3, 0.4) is 0 Å². The van der Waals surface area contributed by atoms with Crippen LogP contribution in [0.15, 0.2) is 48.5 Å². The molecule has 1 N–H and O–H groups in total. The number of carbonyl (C=O) groups excluding carboxylic acids is 2. The van der Waals surface area contributed by atoms with Gasteiger partial charge in [-0.15, -0.1) is 0 Å². The molecule has 8 heteroatoms. The van der Waals surface area contributed by atoms with E-state index in [1.165, 1.54) is 17.0 Å². The van der Waals surface area contributed by atoms with E-state index in [2.05, 4.69) is 5.32 Å². The average Bonchev–Trinajstić information content (AvgIpc) is 2.76. The molecule has 1 aliphatic heterocycles. The largest absolute Gasteiger partial charge is 0.416 e. The van der Waals surface area contributed by atoms with E-state index in [4.69, 9.17) is 0 Å². The molecule has 5 nitrogen and oxygen atoms in total. The van der Waals surface area contributed by atoms with E-state index in [1.54, 1.807) is 4.90 Å². The lowest BCUT2D eigenvalue weighted by Crippen LogP contribution is -2.47. The molecule has 1 aliphatic rings. The Hall–Kier alpha value is -2.87. The summed E-state index contributed by atoms with van der Waals surface area (Å²) in [7, 11) is 0. The standard InChI is InChI=1S/C23H26F3N3O2/c1-17-3-2-4-18(15-17)16-29(12-9-21(30)28-13-10-27-11-14-28)22(31)19-5-7-20(8-6-19)23(24,25)26/h2-8,15,27H,9-14,16H2,1H3. The lowest BCUT2D eigenvalue weighted by Gasteiger charge is -2.29. The first kappa shape index (κ1) is 22.8. The molecule has 0 unspecified atom stereocenters. The zero-order valence-electron chi connectivity index (χ0n) is 17.4. The molecule has 0 radical (unpaired) electrons. The van der Waals surface area contributed by atoms with Crippen LogP contribution < -0.4 is 5.32 Å². The molecule has 0 spiro atoms. The molecule has 0 atom stereocenters. The molecule has 1 heterocycles. The van der Waals surface area contributed by atoms with Gasteiger partial charge < -0.3 is 15.1 Å². The normalized spacial score (nSPS) is 14.4. The Morgan fingerprint density at radius 1 is 1.06 bits per heavy atom. The van der Waals surface area contributed by atoms with Crippen molar-refractivity contribution in [2.24, 2.45) is 0 Å². The number of nitrogens with zero attached hydrogens (tertiary/aromatic N) is 2. The first-order valence-corrected chi connectivity index (χ1v) is 10.2. The van der Waals surface area contributed by atoms with E-state index < -0.39 is 17.6 Å². The van der Waals surface area contributed by atoms with Crippen molar-refractivity contribution < 1.29 is 22.8 Å². The second-order valence-corrected chi connectivity index (χ2v) is 7.67. The fraction of sp³-hybridized carbons (Fsp3) is 0.391. The number of halogens is 3. The number of carbonyl (C=O) groups is 2. The molecule has 0 bridgehead atoms. The maximum atomic E-state index is 13.1. The van der Waals surface area contributed by atoms with Crippen LogP contribution in [0.4, 0.5) is 13.2 Å². The topological polar surface area (TPSA) is 52.7 Å². The van der Waals surface area contributed by atoms with Crippen LogP contribution in [0.5, 0.6) is 0 Å². The summed E-state index contributed by atoms with van der Waals surface area (Å²) in [4.78, 5) is 28.9. The van der Waals surface area contributed by atoms with Crippen LogP contribution in [0.1, 0.15) is 33.5 Å². The monoisotopic (exact) mass is 433 g/mol. The summed E-state index contributed by atoms with van der Waals surface area (Å²) in [5.74, 6) is -0.431. The summed E-state index contributed by atoms with van der Waals surface area (Å²) < 4.78 is 38.5. The van der Waals surface area contributed by atoms with Crippen LogP contribution in [0, 0.1) is 6.92 Å². The zero-order valence-corrected chi connectivity index (χ0v) is 17.4. The minimum atomic E-state index is -4.46. The number of nitrogens with one attached hydrogen (secondary N) is 1. The Balaban J connectivity index is 1.75. The van der Waals surface area contributed by atoms with Gasteiger partial charge in [0.2, 0.25) is 5.91 Å². The van der Waals surface area contributed by atoms with Gasteiger partial charge in [0.25, 0.3) is 5.91 Å². The maximum absolute atomic E-state index is 13.1. The van der Waals surface area contributed by atoms with E-state index in [9.17, 15) is 22.8 Å². The summed E-state index contributed by atoms with van der Waals surface area (Å²) >= 11 is 0. The Morgan fingerprint density at radius 2 is 1.74 bits per heavy atom. The van der Waals surface area contributed by atoms with Gasteiger partial charge in [-0.1, -0.05) is 29.8 Å². The Morgan fingerprint density at radius 3 is 2.35 bits per heavy atom. The van der Waals surface area contributed by atoms with Crippen molar-refractivity contribution in [2.75, 3.05) is 32.7 Å². The van der Waals surface area contributed by atoms with Gasteiger partial charge in [0.15, 0.2) is 0 Å². The number of piperazine rings is 1. The molecule has 31 heavy (non-hydrogen) atoms. The van der Waals surface area contributed by atoms with Crippen LogP contribution >= 0.6 is 0 Å². The third-order valence-electron chi connectivity index (χ3n) is 5.27. The summed E-state index contributed by atoms with van der Waals surface area (Å²) in [6.07, 6.45) is -4.29. The molecule has 0 saturated carbocycles. The number of rotatable bonds is 6. The first-order valence-electron chi connectivity index (χ1n) is 10.2. The maximum Gasteiger partial charge on any atom is 0.416 e. The van der Waals surface area contributed by atoms with Crippen molar-refractivity contribution >= 4 is 11.8 Å². The van der Waals surface area contributed by atoms with Crippen molar-refractivity contribution in [3.8, 4) is 0 Å². The molecule has 166 valence electrons. The number of hydrogen-bond donors (Lipinski definition) is 1. The Kier molecular flexibility index (Phi) is 7.33. The van der Waals surface area contributed by atoms with Crippen molar-refractivity contribution in [3.05, 3.63) is 70.8 Å². The minimum Gasteiger partial charge on any atom is -0.340 e. The quantitative estimate of drug-likeness (QED) is 0.759. The van der Waals surface area contributed by atoms with E-state index in [0.717, 1.165) is 36.3 Å². The fourth-order valence-electron chi connectivity index (χ4n) is 3.57. The molecule has 0 aromatic heterocycles. The molecule has 0 aliphatic carbocycles. The highest BCUT2D eigenvalue weighted by atomic mass is 19.4. The van der Waals surface area contributed by atoms with Crippen molar-refractivity contribution in [1.29, 1.82) is 0 Å². The van der Waals surface area contributed by atoms with Gasteiger partial charge in [-0.05, 0) is 36.8 Å². The SMILES string of the molecule is Cc1cccc(CN(CCC(=O)N2CCNCC2)C(=O)c2ccc(C(F)(F)F)cc2)c1. The van der Waals surface area contributed by atoms with Crippen molar-refractivity contribution in [2.45, 2.75) is 26.1 Å². The van der Waals surface area contributed by atoms with Gasteiger partial charge in [0, 0.05) is 51.3 Å². The molecule has 3 rings (SSSR count). The third-order valence-corrected chi connectivity index (χ3v) is 5.27. The molecule has 2 aromatic carbocycles. The molecule has 1 fully saturated rings. The number of benzene rings is 2. The van der Waals surface area contributed by atoms with Crippen molar-refractivity contribution in [3.63, 3.8) is 0 Å². The highest BCUT2D eigenvalue weighted by Crippen LogP contribution is 2.29. The second kappa shape index (κ2) is 9.96. The number of hydrogen-bond acceptors (Lipinski definition) is 3. The van der Waals surface area contributed by atoms with Gasteiger partial charge >= 0.3 is 6.18 Å². The highest BCUT2D eigenvalue weighted by molar-refractivity contribution is 5.94. The third kappa shape index (κ3) is 6.30. The van der Waals surface area contributed by atoms with Gasteiger partial charge in [0.05, 0.1) is 5.56 Å². The highest BCUT2D eigenvalue weighted by Gasteiger charge is 2.30. The van der Waals surface area contributed by atoms with E-state index in [0.29, 0.717) is 13.1 Å². The summed E-state index contributed by atoms with van der Waals surface area (Å²) in [6, 6.07) is 11.9. The summed E-state index contributed by atoms with van der Waals surface area (Å²) in [6.45, 7) is 5.14. The molecule has 2 aromatic rings. The predicted octanol–water partition coefficient (Wildman–Crippen LogP) is 3.48. The molecule has 1 saturated heterocycles. The summed E-state index contributed by atoms with van der Waals surface area (Å²) in [5.41, 5.74) is 1.30. The van der Waals surface area contributed by atoms with Crippen LogP contribution in [-0.2, 0) is 17.5 Å². The Bertz CT molecular complexity index is 907. The van der Waals surface area contributed by atoms with Crippen LogP contribution in [0.25, 0.3) is 0 Å². The van der Waals surface area contributed by atoms with E-state index in [1.807, 2.05) is 31.2 Å². The van der Waals surface area contributed by atoms with Gasteiger partial charge in [-0.3, -0.25) is 9.59 Å². The van der Waals surface area contributed by atoms with Gasteiger partial charge in [-0.2, -0.15) is 13.2 Å². The lowest BCUT2D eigenvalue weighted by atomic mass is 10.1. The minimum absolute atomic E-state index is 0.0315. The van der Waals surface area contributed by atoms with Crippen molar-refractivity contribution in [1.82, 2.24) is 15.1 Å². The second-order valence-electron chi connectivity index (χ2n) is 7.67. The van der Waals surface area contributed by atoms with E-state index in [-0.39, 0.29) is 31.0 Å². The van der Waals surface area contributed by atoms with Crippen LogP contribution in [-0.4, -0.2) is 54.3 Å². The molecular formula is C23H26F3N3O2. The van der Waals surface area contributed by atoms with Crippen LogP contribution in [0.2, 0.25) is 0 Å². The molecule has 2 amide bonds. The molecular weight excluding hydrogens is 407 g/mol. The number of aryl methyl sites for hydroxylation is 1.